The maximum absolute atomic E-state index is 12.7. The van der Waals surface area contributed by atoms with Crippen LogP contribution in [0.1, 0.15) is 37.3 Å². The third-order valence-electron chi connectivity index (χ3n) is 5.43. The van der Waals surface area contributed by atoms with E-state index in [0.29, 0.717) is 0 Å². The normalized spacial score (nSPS) is 23.5. The van der Waals surface area contributed by atoms with Crippen LogP contribution in [0.15, 0.2) is 24.3 Å². The van der Waals surface area contributed by atoms with Crippen molar-refractivity contribution in [1.29, 1.82) is 0 Å². The Morgan fingerprint density at radius 1 is 1.18 bits per heavy atom. The van der Waals surface area contributed by atoms with E-state index in [1.807, 2.05) is 36.6 Å². The Morgan fingerprint density at radius 2 is 1.86 bits per heavy atom. The van der Waals surface area contributed by atoms with Crippen LogP contribution in [0, 0.1) is 6.92 Å². The second kappa shape index (κ2) is 9.18. The predicted molar refractivity (Wildman–Crippen MR) is 114 cm³/mol. The van der Waals surface area contributed by atoms with E-state index in [1.54, 1.807) is 11.8 Å². The molecule has 0 bridgehead atoms. The molecule has 154 valence electrons. The lowest BCUT2D eigenvalue weighted by Gasteiger charge is -2.36. The van der Waals surface area contributed by atoms with Gasteiger partial charge in [-0.1, -0.05) is 24.3 Å². The number of aryl methyl sites for hydroxylation is 1. The molecule has 0 aromatic heterocycles. The van der Waals surface area contributed by atoms with Crippen molar-refractivity contribution >= 4 is 23.7 Å². The Labute approximate surface area is 172 Å². The van der Waals surface area contributed by atoms with Crippen molar-refractivity contribution in [3.63, 3.8) is 0 Å². The molecule has 2 saturated heterocycles. The summed E-state index contributed by atoms with van der Waals surface area (Å²) in [5.41, 5.74) is 2.47. The third kappa shape index (κ3) is 4.81. The maximum Gasteiger partial charge on any atom is 0.317 e. The van der Waals surface area contributed by atoms with Gasteiger partial charge in [-0.25, -0.2) is 4.79 Å². The van der Waals surface area contributed by atoms with E-state index in [1.165, 1.54) is 11.1 Å². The number of benzene rings is 1. The average molecular weight is 405 g/mol. The Kier molecular flexibility index (Phi) is 6.88. The molecule has 1 aromatic carbocycles. The molecule has 7 heteroatoms. The van der Waals surface area contributed by atoms with Gasteiger partial charge in [0.2, 0.25) is 5.91 Å². The molecule has 0 aliphatic carbocycles. The average Bonchev–Trinajstić information content (AvgIpc) is 2.94. The van der Waals surface area contributed by atoms with Gasteiger partial charge in [0.05, 0.1) is 5.25 Å². The minimum Gasteiger partial charge on any atom is -0.336 e. The summed E-state index contributed by atoms with van der Waals surface area (Å²) >= 11 is 1.74. The number of carbonyl (C=O) groups is 2. The van der Waals surface area contributed by atoms with Crippen LogP contribution in [0.25, 0.3) is 0 Å². The van der Waals surface area contributed by atoms with Crippen LogP contribution in [0.4, 0.5) is 4.79 Å². The molecule has 3 rings (SSSR count). The van der Waals surface area contributed by atoms with Crippen molar-refractivity contribution in [3.8, 4) is 0 Å². The molecule has 28 heavy (non-hydrogen) atoms. The summed E-state index contributed by atoms with van der Waals surface area (Å²) in [5.74, 6) is 0.230. The van der Waals surface area contributed by atoms with E-state index in [4.69, 9.17) is 0 Å². The molecule has 3 amide bonds. The zero-order chi connectivity index (χ0) is 20.3. The number of piperazine rings is 1. The molecule has 1 N–H and O–H groups in total. The summed E-state index contributed by atoms with van der Waals surface area (Å²) in [6, 6.07) is 8.53. The first-order chi connectivity index (χ1) is 13.4. The van der Waals surface area contributed by atoms with Crippen LogP contribution in [-0.4, -0.2) is 77.2 Å². The highest BCUT2D eigenvalue weighted by atomic mass is 32.2. The van der Waals surface area contributed by atoms with E-state index in [2.05, 4.69) is 35.3 Å². The molecule has 0 unspecified atom stereocenters. The quantitative estimate of drug-likeness (QED) is 0.820. The Balaban J connectivity index is 1.55. The minimum absolute atomic E-state index is 0.00110. The lowest BCUT2D eigenvalue weighted by Crippen LogP contribution is -2.53. The van der Waals surface area contributed by atoms with Crippen molar-refractivity contribution in [2.45, 2.75) is 44.4 Å². The van der Waals surface area contributed by atoms with Gasteiger partial charge in [0.25, 0.3) is 0 Å². The number of carbonyl (C=O) groups excluding carboxylic acids is 2. The molecule has 2 aliphatic heterocycles. The molecular weight excluding hydrogens is 372 g/mol. The molecule has 2 heterocycles. The van der Waals surface area contributed by atoms with Gasteiger partial charge >= 0.3 is 6.03 Å². The first-order valence-electron chi connectivity index (χ1n) is 10.2. The molecule has 0 saturated carbocycles. The molecule has 0 spiro atoms. The second-order valence-electron chi connectivity index (χ2n) is 7.95. The van der Waals surface area contributed by atoms with Crippen molar-refractivity contribution in [1.82, 2.24) is 20.0 Å². The lowest BCUT2D eigenvalue weighted by atomic mass is 10.1. The van der Waals surface area contributed by atoms with E-state index in [0.717, 1.165) is 39.3 Å². The van der Waals surface area contributed by atoms with Gasteiger partial charge in [0.1, 0.15) is 5.37 Å². The Hall–Kier alpha value is -1.73. The summed E-state index contributed by atoms with van der Waals surface area (Å²) < 4.78 is 0. The van der Waals surface area contributed by atoms with Crippen molar-refractivity contribution in [2.75, 3.05) is 39.3 Å². The van der Waals surface area contributed by atoms with Crippen molar-refractivity contribution < 1.29 is 9.59 Å². The minimum atomic E-state index is 0.00110. The number of hydrogen-bond acceptors (Lipinski definition) is 4. The van der Waals surface area contributed by atoms with Gasteiger partial charge in [-0.2, -0.15) is 0 Å². The van der Waals surface area contributed by atoms with Gasteiger partial charge < -0.3 is 15.1 Å². The summed E-state index contributed by atoms with van der Waals surface area (Å²) in [6.45, 7) is 12.8. The van der Waals surface area contributed by atoms with E-state index in [-0.39, 0.29) is 28.6 Å². The number of hydrogen-bond donors (Lipinski definition) is 1. The van der Waals surface area contributed by atoms with Gasteiger partial charge in [0, 0.05) is 45.3 Å². The number of amides is 3. The first-order valence-corrected chi connectivity index (χ1v) is 11.1. The fourth-order valence-electron chi connectivity index (χ4n) is 3.77. The molecule has 1 aromatic rings. The highest BCUT2D eigenvalue weighted by Gasteiger charge is 2.39. The maximum atomic E-state index is 12.7. The smallest absolute Gasteiger partial charge is 0.317 e. The Morgan fingerprint density at radius 3 is 2.50 bits per heavy atom. The van der Waals surface area contributed by atoms with Crippen LogP contribution >= 0.6 is 11.8 Å². The third-order valence-corrected chi connectivity index (χ3v) is 6.81. The molecule has 2 atom stereocenters. The fourth-order valence-corrected chi connectivity index (χ4v) is 5.17. The molecule has 6 nitrogen and oxygen atoms in total. The largest absolute Gasteiger partial charge is 0.336 e. The topological polar surface area (TPSA) is 55.9 Å². The van der Waals surface area contributed by atoms with Crippen LogP contribution in [0.3, 0.4) is 0 Å². The molecule has 2 aliphatic rings. The van der Waals surface area contributed by atoms with Crippen LogP contribution in [0.2, 0.25) is 0 Å². The van der Waals surface area contributed by atoms with Crippen LogP contribution in [-0.2, 0) is 4.79 Å². The number of urea groups is 1. The summed E-state index contributed by atoms with van der Waals surface area (Å²) in [7, 11) is 0. The van der Waals surface area contributed by atoms with Gasteiger partial charge in [0.15, 0.2) is 0 Å². The van der Waals surface area contributed by atoms with Gasteiger partial charge in [-0.15, -0.1) is 11.8 Å². The van der Waals surface area contributed by atoms with E-state index >= 15 is 0 Å². The monoisotopic (exact) mass is 404 g/mol. The highest BCUT2D eigenvalue weighted by Crippen LogP contribution is 2.43. The van der Waals surface area contributed by atoms with Crippen molar-refractivity contribution in [2.24, 2.45) is 0 Å². The van der Waals surface area contributed by atoms with Gasteiger partial charge in [-0.3, -0.25) is 9.69 Å². The first kappa shape index (κ1) is 21.0. The molecule has 2 fully saturated rings. The Bertz CT molecular complexity index is 703. The van der Waals surface area contributed by atoms with E-state index < -0.39 is 0 Å². The van der Waals surface area contributed by atoms with E-state index in [9.17, 15) is 9.59 Å². The number of nitrogens with one attached hydrogen (secondary N) is 1. The molecule has 0 radical (unpaired) electrons. The zero-order valence-electron chi connectivity index (χ0n) is 17.4. The van der Waals surface area contributed by atoms with Crippen molar-refractivity contribution in [3.05, 3.63) is 35.4 Å². The van der Waals surface area contributed by atoms with Crippen LogP contribution in [0.5, 0.6) is 0 Å². The number of thioether (sulfide) groups is 1. The second-order valence-corrected chi connectivity index (χ2v) is 9.38. The standard InChI is InChI=1S/C21H32N4O2S/c1-15(2)22-21(27)24-12-9-23(10-13-24)11-14-25-19(26)17(4)28-20(25)18-8-6-5-7-16(18)3/h5-8,15,17,20H,9-14H2,1-4H3,(H,22,27)/t17-,20-/m1/s1. The lowest BCUT2D eigenvalue weighted by molar-refractivity contribution is -0.130. The molecular formula is C21H32N4O2S. The van der Waals surface area contributed by atoms with Crippen LogP contribution < -0.4 is 5.32 Å². The fraction of sp³-hybridized carbons (Fsp3) is 0.619. The summed E-state index contributed by atoms with van der Waals surface area (Å²) in [6.07, 6.45) is 0. The summed E-state index contributed by atoms with van der Waals surface area (Å²) in [5, 5.41) is 3.06. The SMILES string of the molecule is Cc1ccccc1[C@H]1S[C@H](C)C(=O)N1CCN1CCN(C(=O)NC(C)C)CC1. The van der Waals surface area contributed by atoms with Gasteiger partial charge in [-0.05, 0) is 38.8 Å². The summed E-state index contributed by atoms with van der Waals surface area (Å²) in [4.78, 5) is 31.2. The number of rotatable bonds is 5. The number of nitrogens with zero attached hydrogens (tertiary/aromatic N) is 3. The zero-order valence-corrected chi connectivity index (χ0v) is 18.2. The highest BCUT2D eigenvalue weighted by molar-refractivity contribution is 8.01. The predicted octanol–water partition coefficient (Wildman–Crippen LogP) is 2.69.